The summed E-state index contributed by atoms with van der Waals surface area (Å²) >= 11 is 0. The first-order valence-electron chi connectivity index (χ1n) is 7.84. The average Bonchev–Trinajstić information content (AvgIpc) is 2.75. The van der Waals surface area contributed by atoms with Crippen LogP contribution in [0.2, 0.25) is 0 Å². The molecule has 21 heavy (non-hydrogen) atoms. The summed E-state index contributed by atoms with van der Waals surface area (Å²) in [6, 6.07) is 10.2. The molecule has 0 aliphatic carbocycles. The van der Waals surface area contributed by atoms with Crippen LogP contribution in [0.4, 0.5) is 0 Å². The van der Waals surface area contributed by atoms with Gasteiger partial charge < -0.3 is 9.64 Å². The van der Waals surface area contributed by atoms with E-state index in [0.29, 0.717) is 24.9 Å². The van der Waals surface area contributed by atoms with Crippen LogP contribution < -0.4 is 0 Å². The molecule has 3 heteroatoms. The molecular weight excluding hydrogens is 262 g/mol. The molecule has 3 nitrogen and oxygen atoms in total. The zero-order valence-electron chi connectivity index (χ0n) is 13.8. The standard InChI is InChI=1S/C18H27NO2/c1-13(2)14(3)11-17(20)19-16(12-21-18(19,4)5)15-9-7-6-8-10-15/h6-10,13-14,16H,11-12H2,1-5H3/t14-,16-/m0/s1. The predicted molar refractivity (Wildman–Crippen MR) is 84.7 cm³/mol. The highest BCUT2D eigenvalue weighted by Crippen LogP contribution is 2.37. The van der Waals surface area contributed by atoms with Gasteiger partial charge >= 0.3 is 0 Å². The van der Waals surface area contributed by atoms with Crippen LogP contribution >= 0.6 is 0 Å². The minimum absolute atomic E-state index is 0.0214. The summed E-state index contributed by atoms with van der Waals surface area (Å²) < 4.78 is 5.89. The van der Waals surface area contributed by atoms with E-state index in [2.05, 4.69) is 32.9 Å². The molecule has 2 rings (SSSR count). The van der Waals surface area contributed by atoms with Gasteiger partial charge in [0.1, 0.15) is 5.72 Å². The largest absolute Gasteiger partial charge is 0.354 e. The van der Waals surface area contributed by atoms with Crippen LogP contribution in [-0.2, 0) is 9.53 Å². The van der Waals surface area contributed by atoms with Crippen LogP contribution in [0.15, 0.2) is 30.3 Å². The molecule has 1 aromatic carbocycles. The second-order valence-corrected chi connectivity index (χ2v) is 6.87. The van der Waals surface area contributed by atoms with E-state index >= 15 is 0 Å². The number of hydrogen-bond donors (Lipinski definition) is 0. The summed E-state index contributed by atoms with van der Waals surface area (Å²) in [4.78, 5) is 14.7. The van der Waals surface area contributed by atoms with Crippen LogP contribution in [0, 0.1) is 11.8 Å². The third kappa shape index (κ3) is 3.46. The van der Waals surface area contributed by atoms with Gasteiger partial charge in [0.25, 0.3) is 0 Å². The van der Waals surface area contributed by atoms with Gasteiger partial charge in [0.15, 0.2) is 0 Å². The Balaban J connectivity index is 2.21. The Labute approximate surface area is 128 Å². The molecule has 1 saturated heterocycles. The molecule has 0 unspecified atom stereocenters. The van der Waals surface area contributed by atoms with E-state index in [1.807, 2.05) is 36.9 Å². The third-order valence-corrected chi connectivity index (χ3v) is 4.57. The second kappa shape index (κ2) is 6.18. The molecule has 1 aliphatic rings. The lowest BCUT2D eigenvalue weighted by Crippen LogP contribution is -2.45. The van der Waals surface area contributed by atoms with Gasteiger partial charge in [-0.15, -0.1) is 0 Å². The smallest absolute Gasteiger partial charge is 0.225 e. The molecular formula is C18H27NO2. The highest BCUT2D eigenvalue weighted by atomic mass is 16.5. The van der Waals surface area contributed by atoms with Gasteiger partial charge in [-0.1, -0.05) is 51.1 Å². The number of ether oxygens (including phenoxy) is 1. The monoisotopic (exact) mass is 289 g/mol. The van der Waals surface area contributed by atoms with E-state index in [4.69, 9.17) is 4.74 Å². The van der Waals surface area contributed by atoms with Crippen molar-refractivity contribution in [2.24, 2.45) is 11.8 Å². The fourth-order valence-corrected chi connectivity index (χ4v) is 2.81. The first-order chi connectivity index (χ1) is 9.83. The minimum atomic E-state index is -0.533. The van der Waals surface area contributed by atoms with Crippen LogP contribution in [0.25, 0.3) is 0 Å². The highest BCUT2D eigenvalue weighted by Gasteiger charge is 2.44. The van der Waals surface area contributed by atoms with E-state index in [-0.39, 0.29) is 11.9 Å². The van der Waals surface area contributed by atoms with E-state index in [9.17, 15) is 4.79 Å². The van der Waals surface area contributed by atoms with Crippen molar-refractivity contribution in [1.82, 2.24) is 4.90 Å². The summed E-state index contributed by atoms with van der Waals surface area (Å²) in [5, 5.41) is 0. The Bertz CT molecular complexity index is 481. The van der Waals surface area contributed by atoms with Crippen LogP contribution in [0.1, 0.15) is 52.6 Å². The lowest BCUT2D eigenvalue weighted by Gasteiger charge is -2.35. The molecule has 0 bridgehead atoms. The van der Waals surface area contributed by atoms with Gasteiger partial charge in [0.05, 0.1) is 12.6 Å². The fourth-order valence-electron chi connectivity index (χ4n) is 2.81. The Morgan fingerprint density at radius 2 is 1.90 bits per heavy atom. The summed E-state index contributed by atoms with van der Waals surface area (Å²) in [5.41, 5.74) is 0.613. The molecule has 2 atom stereocenters. The molecule has 0 spiro atoms. The second-order valence-electron chi connectivity index (χ2n) is 6.87. The number of hydrogen-bond acceptors (Lipinski definition) is 2. The number of carbonyl (C=O) groups excluding carboxylic acids is 1. The Hall–Kier alpha value is -1.35. The SMILES string of the molecule is CC(C)[C@@H](C)CC(=O)N1[C@H](c2ccccc2)COC1(C)C. The summed E-state index contributed by atoms with van der Waals surface area (Å²) in [5.74, 6) is 1.08. The van der Waals surface area contributed by atoms with E-state index in [1.165, 1.54) is 0 Å². The normalized spacial score (nSPS) is 22.6. The lowest BCUT2D eigenvalue weighted by molar-refractivity contribution is -0.147. The number of amides is 1. The number of rotatable bonds is 4. The quantitative estimate of drug-likeness (QED) is 0.838. The lowest BCUT2D eigenvalue weighted by atomic mass is 9.93. The van der Waals surface area contributed by atoms with Crippen LogP contribution in [0.5, 0.6) is 0 Å². The van der Waals surface area contributed by atoms with Gasteiger partial charge in [-0.3, -0.25) is 4.79 Å². The number of benzene rings is 1. The summed E-state index contributed by atoms with van der Waals surface area (Å²) in [7, 11) is 0. The van der Waals surface area contributed by atoms with Crippen LogP contribution in [0.3, 0.4) is 0 Å². The molecule has 116 valence electrons. The van der Waals surface area contributed by atoms with Crippen LogP contribution in [-0.4, -0.2) is 23.1 Å². The maximum absolute atomic E-state index is 12.8. The highest BCUT2D eigenvalue weighted by molar-refractivity contribution is 5.78. The third-order valence-electron chi connectivity index (χ3n) is 4.57. The topological polar surface area (TPSA) is 29.5 Å². The molecule has 1 amide bonds. The van der Waals surface area contributed by atoms with Crippen molar-refractivity contribution >= 4 is 5.91 Å². The Morgan fingerprint density at radius 3 is 2.48 bits per heavy atom. The zero-order chi connectivity index (χ0) is 15.6. The average molecular weight is 289 g/mol. The molecule has 0 saturated carbocycles. The number of carbonyl (C=O) groups is 1. The van der Waals surface area contributed by atoms with Gasteiger partial charge in [-0.05, 0) is 31.2 Å². The molecule has 0 N–H and O–H groups in total. The van der Waals surface area contributed by atoms with Crippen molar-refractivity contribution in [3.05, 3.63) is 35.9 Å². The zero-order valence-corrected chi connectivity index (χ0v) is 13.8. The van der Waals surface area contributed by atoms with Crippen molar-refractivity contribution in [2.45, 2.75) is 52.8 Å². The molecule has 1 aromatic rings. The van der Waals surface area contributed by atoms with Gasteiger partial charge in [-0.2, -0.15) is 0 Å². The maximum Gasteiger partial charge on any atom is 0.225 e. The van der Waals surface area contributed by atoms with Crippen molar-refractivity contribution in [3.8, 4) is 0 Å². The maximum atomic E-state index is 12.8. The van der Waals surface area contributed by atoms with Gasteiger partial charge in [-0.25, -0.2) is 0 Å². The van der Waals surface area contributed by atoms with E-state index in [1.54, 1.807) is 0 Å². The molecule has 1 aliphatic heterocycles. The molecule has 1 heterocycles. The predicted octanol–water partition coefficient (Wildman–Crippen LogP) is 4.00. The molecule has 0 aromatic heterocycles. The Kier molecular flexibility index (Phi) is 4.72. The first-order valence-corrected chi connectivity index (χ1v) is 7.84. The fraction of sp³-hybridized carbons (Fsp3) is 0.611. The van der Waals surface area contributed by atoms with Gasteiger partial charge in [0.2, 0.25) is 5.91 Å². The van der Waals surface area contributed by atoms with Crippen molar-refractivity contribution in [3.63, 3.8) is 0 Å². The van der Waals surface area contributed by atoms with Crippen molar-refractivity contribution < 1.29 is 9.53 Å². The van der Waals surface area contributed by atoms with E-state index in [0.717, 1.165) is 5.56 Å². The van der Waals surface area contributed by atoms with Gasteiger partial charge in [0, 0.05) is 6.42 Å². The van der Waals surface area contributed by atoms with Crippen molar-refractivity contribution in [2.75, 3.05) is 6.61 Å². The summed E-state index contributed by atoms with van der Waals surface area (Å²) in [6.45, 7) is 11.0. The molecule has 0 radical (unpaired) electrons. The number of nitrogens with zero attached hydrogens (tertiary/aromatic N) is 1. The molecule has 1 fully saturated rings. The first kappa shape index (κ1) is 16.0. The summed E-state index contributed by atoms with van der Waals surface area (Å²) in [6.07, 6.45) is 0.577. The van der Waals surface area contributed by atoms with Crippen molar-refractivity contribution in [1.29, 1.82) is 0 Å². The van der Waals surface area contributed by atoms with E-state index < -0.39 is 5.72 Å². The minimum Gasteiger partial charge on any atom is -0.354 e. The Morgan fingerprint density at radius 1 is 1.29 bits per heavy atom.